The number of urea groups is 1. The lowest BCUT2D eigenvalue weighted by Gasteiger charge is -2.20. The van der Waals surface area contributed by atoms with Crippen LogP contribution in [0.4, 0.5) is 4.79 Å². The van der Waals surface area contributed by atoms with E-state index in [-0.39, 0.29) is 13.0 Å². The van der Waals surface area contributed by atoms with Gasteiger partial charge in [0.2, 0.25) is 0 Å². The van der Waals surface area contributed by atoms with Crippen LogP contribution >= 0.6 is 0 Å². The van der Waals surface area contributed by atoms with Crippen LogP contribution in [0.25, 0.3) is 0 Å². The molecule has 0 bridgehead atoms. The molecular weight excluding hydrogens is 188 g/mol. The van der Waals surface area contributed by atoms with Crippen molar-refractivity contribution in [1.29, 1.82) is 0 Å². The molecule has 1 aliphatic rings. The second kappa shape index (κ2) is 4.28. The Morgan fingerprint density at radius 1 is 1.57 bits per heavy atom. The molecule has 1 aliphatic heterocycles. The van der Waals surface area contributed by atoms with Crippen molar-refractivity contribution in [3.05, 3.63) is 0 Å². The quantitative estimate of drug-likeness (QED) is 0.548. The first-order valence-corrected chi connectivity index (χ1v) is 4.51. The number of nitrogens with zero attached hydrogens (tertiary/aromatic N) is 1. The van der Waals surface area contributed by atoms with Crippen LogP contribution in [0.3, 0.4) is 0 Å². The number of carboxylic acid groups (broad SMARTS) is 1. The summed E-state index contributed by atoms with van der Waals surface area (Å²) < 4.78 is 0. The number of amides is 2. The molecule has 1 saturated heterocycles. The molecule has 14 heavy (non-hydrogen) atoms. The van der Waals surface area contributed by atoms with E-state index in [4.69, 9.17) is 5.11 Å². The van der Waals surface area contributed by atoms with Crippen LogP contribution in [0, 0.1) is 0 Å². The van der Waals surface area contributed by atoms with Gasteiger partial charge in [0.05, 0.1) is 6.10 Å². The fourth-order valence-electron chi connectivity index (χ4n) is 1.53. The Bertz CT molecular complexity index is 243. The summed E-state index contributed by atoms with van der Waals surface area (Å²) in [7, 11) is 0. The van der Waals surface area contributed by atoms with Gasteiger partial charge in [-0.15, -0.1) is 0 Å². The number of likely N-dealkylation sites (tertiary alicyclic amines) is 1. The van der Waals surface area contributed by atoms with Crippen LogP contribution in [-0.2, 0) is 4.79 Å². The van der Waals surface area contributed by atoms with Gasteiger partial charge in [0.1, 0.15) is 6.04 Å². The molecule has 0 saturated carbocycles. The molecule has 0 aliphatic carbocycles. The third-order valence-corrected chi connectivity index (χ3v) is 2.15. The highest BCUT2D eigenvalue weighted by molar-refractivity contribution is 5.83. The van der Waals surface area contributed by atoms with Crippen LogP contribution in [0.1, 0.15) is 13.3 Å². The fourth-order valence-corrected chi connectivity index (χ4v) is 1.53. The first-order valence-electron chi connectivity index (χ1n) is 4.51. The van der Waals surface area contributed by atoms with E-state index in [9.17, 15) is 14.7 Å². The van der Waals surface area contributed by atoms with E-state index < -0.39 is 24.1 Å². The molecule has 2 amide bonds. The summed E-state index contributed by atoms with van der Waals surface area (Å²) in [5.41, 5.74) is 0. The second-order valence-electron chi connectivity index (χ2n) is 3.23. The summed E-state index contributed by atoms with van der Waals surface area (Å²) in [6.07, 6.45) is -0.634. The Kier molecular flexibility index (Phi) is 3.29. The topological polar surface area (TPSA) is 89.9 Å². The normalized spacial score (nSPS) is 26.3. The molecule has 0 aromatic heterocycles. The van der Waals surface area contributed by atoms with Crippen molar-refractivity contribution in [2.45, 2.75) is 25.5 Å². The summed E-state index contributed by atoms with van der Waals surface area (Å²) in [5, 5.41) is 20.5. The summed E-state index contributed by atoms with van der Waals surface area (Å²) in [6.45, 7) is 2.28. The van der Waals surface area contributed by atoms with E-state index in [0.29, 0.717) is 6.54 Å². The maximum Gasteiger partial charge on any atom is 0.326 e. The van der Waals surface area contributed by atoms with Gasteiger partial charge in [-0.3, -0.25) is 0 Å². The van der Waals surface area contributed by atoms with Crippen LogP contribution in [0.2, 0.25) is 0 Å². The molecular formula is C8H14N2O4. The minimum atomic E-state index is -1.08. The van der Waals surface area contributed by atoms with Gasteiger partial charge in [-0.25, -0.2) is 9.59 Å². The zero-order valence-corrected chi connectivity index (χ0v) is 7.93. The summed E-state index contributed by atoms with van der Waals surface area (Å²) in [5.74, 6) is -1.08. The van der Waals surface area contributed by atoms with Crippen molar-refractivity contribution in [2.24, 2.45) is 0 Å². The standard InChI is InChI=1S/C8H14N2O4/c1-2-9-8(14)10-4-5(11)3-6(10)7(12)13/h5-6,11H,2-4H2,1H3,(H,9,14)(H,12,13)/t5-,6-/m0/s1. The third-order valence-electron chi connectivity index (χ3n) is 2.15. The van der Waals surface area contributed by atoms with Crippen LogP contribution in [-0.4, -0.2) is 52.3 Å². The highest BCUT2D eigenvalue weighted by Crippen LogP contribution is 2.17. The Morgan fingerprint density at radius 3 is 2.71 bits per heavy atom. The van der Waals surface area contributed by atoms with Gasteiger partial charge < -0.3 is 20.4 Å². The molecule has 0 aromatic carbocycles. The first-order chi connectivity index (χ1) is 6.56. The van der Waals surface area contributed by atoms with Gasteiger partial charge in [0, 0.05) is 19.5 Å². The number of β-amino-alcohol motifs (C(OH)–C–C–N with tert-alkyl or cyclic N) is 1. The largest absolute Gasteiger partial charge is 0.480 e. The Morgan fingerprint density at radius 2 is 2.21 bits per heavy atom. The maximum absolute atomic E-state index is 11.3. The molecule has 6 heteroatoms. The van der Waals surface area contributed by atoms with E-state index in [0.717, 1.165) is 4.90 Å². The van der Waals surface area contributed by atoms with E-state index in [2.05, 4.69) is 5.32 Å². The van der Waals surface area contributed by atoms with Crippen molar-refractivity contribution in [2.75, 3.05) is 13.1 Å². The number of aliphatic hydroxyl groups excluding tert-OH is 1. The Hall–Kier alpha value is -1.30. The lowest BCUT2D eigenvalue weighted by atomic mass is 10.2. The minimum Gasteiger partial charge on any atom is -0.480 e. The first kappa shape index (κ1) is 10.8. The number of hydrogen-bond acceptors (Lipinski definition) is 3. The number of aliphatic carboxylic acids is 1. The highest BCUT2D eigenvalue weighted by atomic mass is 16.4. The van der Waals surface area contributed by atoms with Gasteiger partial charge in [0.15, 0.2) is 0 Å². The van der Waals surface area contributed by atoms with Crippen LogP contribution in [0.15, 0.2) is 0 Å². The monoisotopic (exact) mass is 202 g/mol. The predicted molar refractivity (Wildman–Crippen MR) is 47.8 cm³/mol. The summed E-state index contributed by atoms with van der Waals surface area (Å²) >= 11 is 0. The SMILES string of the molecule is CCNC(=O)N1C[C@@H](O)C[C@H]1C(=O)O. The Labute approximate surface area is 81.5 Å². The van der Waals surface area contributed by atoms with Crippen molar-refractivity contribution in [3.8, 4) is 0 Å². The lowest BCUT2D eigenvalue weighted by molar-refractivity contribution is -0.141. The highest BCUT2D eigenvalue weighted by Gasteiger charge is 2.38. The van der Waals surface area contributed by atoms with Gasteiger partial charge in [-0.05, 0) is 6.92 Å². The zero-order valence-electron chi connectivity index (χ0n) is 7.93. The molecule has 0 aromatic rings. The molecule has 3 N–H and O–H groups in total. The molecule has 6 nitrogen and oxygen atoms in total. The third kappa shape index (κ3) is 2.14. The molecule has 1 heterocycles. The van der Waals surface area contributed by atoms with Crippen molar-refractivity contribution in [3.63, 3.8) is 0 Å². The number of aliphatic hydroxyl groups is 1. The van der Waals surface area contributed by atoms with Crippen molar-refractivity contribution >= 4 is 12.0 Å². The number of carbonyl (C=O) groups is 2. The van der Waals surface area contributed by atoms with E-state index in [1.54, 1.807) is 6.92 Å². The molecule has 1 rings (SSSR count). The molecule has 1 fully saturated rings. The number of carbonyl (C=O) groups excluding carboxylic acids is 1. The second-order valence-corrected chi connectivity index (χ2v) is 3.23. The van der Waals surface area contributed by atoms with Gasteiger partial charge >= 0.3 is 12.0 Å². The molecule has 0 radical (unpaired) electrons. The van der Waals surface area contributed by atoms with Crippen molar-refractivity contribution in [1.82, 2.24) is 10.2 Å². The minimum absolute atomic E-state index is 0.0861. The molecule has 0 unspecified atom stereocenters. The average Bonchev–Trinajstić information content (AvgIpc) is 2.48. The van der Waals surface area contributed by atoms with Crippen molar-refractivity contribution < 1.29 is 19.8 Å². The van der Waals surface area contributed by atoms with Crippen LogP contribution in [0.5, 0.6) is 0 Å². The summed E-state index contributed by atoms with van der Waals surface area (Å²) in [6, 6.07) is -1.34. The van der Waals surface area contributed by atoms with Gasteiger partial charge in [0.25, 0.3) is 0 Å². The smallest absolute Gasteiger partial charge is 0.326 e. The number of carboxylic acids is 1. The lowest BCUT2D eigenvalue weighted by Crippen LogP contribution is -2.46. The maximum atomic E-state index is 11.3. The average molecular weight is 202 g/mol. The van der Waals surface area contributed by atoms with Gasteiger partial charge in [-0.1, -0.05) is 0 Å². The number of nitrogens with one attached hydrogen (secondary N) is 1. The fraction of sp³-hybridized carbons (Fsp3) is 0.750. The Balaban J connectivity index is 2.66. The van der Waals surface area contributed by atoms with E-state index in [1.165, 1.54) is 0 Å². The summed E-state index contributed by atoms with van der Waals surface area (Å²) in [4.78, 5) is 23.2. The number of hydrogen-bond donors (Lipinski definition) is 3. The van der Waals surface area contributed by atoms with Crippen LogP contribution < -0.4 is 5.32 Å². The van der Waals surface area contributed by atoms with E-state index >= 15 is 0 Å². The molecule has 0 spiro atoms. The molecule has 2 atom stereocenters. The zero-order chi connectivity index (χ0) is 10.7. The number of rotatable bonds is 2. The van der Waals surface area contributed by atoms with Gasteiger partial charge in [-0.2, -0.15) is 0 Å². The van der Waals surface area contributed by atoms with E-state index in [1.807, 2.05) is 0 Å². The molecule has 80 valence electrons. The predicted octanol–water partition coefficient (Wildman–Crippen LogP) is -0.764.